The molecule has 2 nitrogen and oxygen atoms in total. The van der Waals surface area contributed by atoms with Crippen LogP contribution in [0.5, 0.6) is 0 Å². The fourth-order valence-electron chi connectivity index (χ4n) is 2.42. The first-order chi connectivity index (χ1) is 8.66. The maximum absolute atomic E-state index is 11.7. The van der Waals surface area contributed by atoms with Gasteiger partial charge in [-0.2, -0.15) is 0 Å². The van der Waals surface area contributed by atoms with Gasteiger partial charge in [0.25, 0.3) is 0 Å². The number of carbonyl (C=O) groups is 1. The highest BCUT2D eigenvalue weighted by atomic mass is 16.1. The minimum absolute atomic E-state index is 0.00776. The minimum Gasteiger partial charge on any atom is -0.398 e. The van der Waals surface area contributed by atoms with Crippen molar-refractivity contribution in [1.29, 1.82) is 0 Å². The molecule has 0 aliphatic heterocycles. The van der Waals surface area contributed by atoms with Gasteiger partial charge in [0.2, 0.25) is 0 Å². The van der Waals surface area contributed by atoms with E-state index in [1.165, 1.54) is 5.39 Å². The van der Waals surface area contributed by atoms with E-state index < -0.39 is 0 Å². The average molecular weight is 235 g/mol. The zero-order valence-electron chi connectivity index (χ0n) is 10.1. The fourth-order valence-corrected chi connectivity index (χ4v) is 2.42. The van der Waals surface area contributed by atoms with E-state index in [2.05, 4.69) is 12.1 Å². The van der Waals surface area contributed by atoms with Crippen molar-refractivity contribution >= 4 is 33.0 Å². The van der Waals surface area contributed by atoms with Crippen LogP contribution in [-0.2, 0) is 0 Å². The summed E-state index contributed by atoms with van der Waals surface area (Å²) < 4.78 is 0. The van der Waals surface area contributed by atoms with Gasteiger partial charge in [0, 0.05) is 11.3 Å². The molecule has 0 aromatic heterocycles. The molecule has 0 aliphatic carbocycles. The van der Waals surface area contributed by atoms with E-state index in [1.54, 1.807) is 13.0 Å². The van der Waals surface area contributed by atoms with Crippen LogP contribution in [0.3, 0.4) is 0 Å². The third kappa shape index (κ3) is 1.54. The number of hydrogen-bond donors (Lipinski definition) is 1. The minimum atomic E-state index is 0.00776. The number of anilines is 1. The topological polar surface area (TPSA) is 43.1 Å². The highest BCUT2D eigenvalue weighted by molar-refractivity contribution is 6.14. The molecule has 0 fully saturated rings. The molecule has 18 heavy (non-hydrogen) atoms. The summed E-state index contributed by atoms with van der Waals surface area (Å²) in [4.78, 5) is 11.7. The number of Topliss-reactive ketones (excluding diaryl/α,β-unsaturated/α-hetero) is 1. The van der Waals surface area contributed by atoms with Gasteiger partial charge in [-0.05, 0) is 46.7 Å². The lowest BCUT2D eigenvalue weighted by molar-refractivity contribution is 0.102. The molecule has 0 saturated heterocycles. The molecule has 2 heteroatoms. The Kier molecular flexibility index (Phi) is 2.30. The van der Waals surface area contributed by atoms with Gasteiger partial charge in [-0.3, -0.25) is 4.79 Å². The lowest BCUT2D eigenvalue weighted by atomic mass is 9.97. The predicted molar refractivity (Wildman–Crippen MR) is 75.9 cm³/mol. The third-order valence-electron chi connectivity index (χ3n) is 3.27. The quantitative estimate of drug-likeness (QED) is 0.396. The Balaban J connectivity index is 2.50. The molecule has 0 radical (unpaired) electrons. The largest absolute Gasteiger partial charge is 0.398 e. The molecule has 88 valence electrons. The van der Waals surface area contributed by atoms with Gasteiger partial charge in [-0.15, -0.1) is 0 Å². The number of benzene rings is 3. The van der Waals surface area contributed by atoms with Crippen LogP contribution < -0.4 is 5.73 Å². The molecular weight excluding hydrogens is 222 g/mol. The number of fused-ring (bicyclic) bond motifs is 2. The van der Waals surface area contributed by atoms with Crippen LogP contribution in [0, 0.1) is 0 Å². The Labute approximate surface area is 105 Å². The van der Waals surface area contributed by atoms with E-state index in [9.17, 15) is 4.79 Å². The van der Waals surface area contributed by atoms with Crippen LogP contribution >= 0.6 is 0 Å². The molecule has 0 spiro atoms. The van der Waals surface area contributed by atoms with Crippen LogP contribution in [0.25, 0.3) is 21.5 Å². The molecule has 3 rings (SSSR count). The highest BCUT2D eigenvalue weighted by Gasteiger charge is 2.10. The van der Waals surface area contributed by atoms with Gasteiger partial charge in [-0.25, -0.2) is 0 Å². The fraction of sp³-hybridized carbons (Fsp3) is 0.0625. The van der Waals surface area contributed by atoms with Crippen molar-refractivity contribution in [2.75, 3.05) is 5.73 Å². The van der Waals surface area contributed by atoms with Crippen LogP contribution in [0.15, 0.2) is 48.5 Å². The number of rotatable bonds is 1. The molecule has 3 aromatic carbocycles. The zero-order valence-corrected chi connectivity index (χ0v) is 10.1. The summed E-state index contributed by atoms with van der Waals surface area (Å²) in [6.45, 7) is 1.56. The smallest absolute Gasteiger partial charge is 0.162 e. The molecule has 3 aromatic rings. The van der Waals surface area contributed by atoms with Crippen molar-refractivity contribution in [2.24, 2.45) is 0 Å². The second kappa shape index (κ2) is 3.84. The molecule has 0 bridgehead atoms. The molecular formula is C16H13NO. The van der Waals surface area contributed by atoms with Gasteiger partial charge in [-0.1, -0.05) is 30.3 Å². The van der Waals surface area contributed by atoms with Crippen LogP contribution in [0.4, 0.5) is 5.69 Å². The summed E-state index contributed by atoms with van der Waals surface area (Å²) in [5.74, 6) is 0.00776. The molecule has 0 atom stereocenters. The summed E-state index contributed by atoms with van der Waals surface area (Å²) in [7, 11) is 0. The van der Waals surface area contributed by atoms with Crippen molar-refractivity contribution in [3.8, 4) is 0 Å². The molecule has 0 saturated carbocycles. The van der Waals surface area contributed by atoms with Gasteiger partial charge < -0.3 is 5.73 Å². The molecule has 0 amide bonds. The number of nitrogens with two attached hydrogens (primary N) is 1. The Hall–Kier alpha value is -2.35. The zero-order chi connectivity index (χ0) is 12.7. The van der Waals surface area contributed by atoms with Crippen LogP contribution in [0.1, 0.15) is 17.3 Å². The van der Waals surface area contributed by atoms with Crippen molar-refractivity contribution in [3.05, 3.63) is 54.1 Å². The van der Waals surface area contributed by atoms with Crippen molar-refractivity contribution in [2.45, 2.75) is 6.92 Å². The van der Waals surface area contributed by atoms with E-state index in [1.807, 2.05) is 30.3 Å². The van der Waals surface area contributed by atoms with Crippen molar-refractivity contribution in [3.63, 3.8) is 0 Å². The summed E-state index contributed by atoms with van der Waals surface area (Å²) >= 11 is 0. The van der Waals surface area contributed by atoms with E-state index in [0.29, 0.717) is 11.3 Å². The van der Waals surface area contributed by atoms with Gasteiger partial charge >= 0.3 is 0 Å². The third-order valence-corrected chi connectivity index (χ3v) is 3.27. The Bertz CT molecular complexity index is 774. The van der Waals surface area contributed by atoms with Crippen molar-refractivity contribution < 1.29 is 4.79 Å². The number of hydrogen-bond acceptors (Lipinski definition) is 2. The summed E-state index contributed by atoms with van der Waals surface area (Å²) in [5.41, 5.74) is 7.08. The Morgan fingerprint density at radius 2 is 1.61 bits per heavy atom. The van der Waals surface area contributed by atoms with Gasteiger partial charge in [0.15, 0.2) is 5.78 Å². The molecule has 2 N–H and O–H groups in total. The van der Waals surface area contributed by atoms with Crippen LogP contribution in [-0.4, -0.2) is 5.78 Å². The second-order valence-electron chi connectivity index (χ2n) is 4.51. The Morgan fingerprint density at radius 1 is 0.944 bits per heavy atom. The van der Waals surface area contributed by atoms with E-state index in [4.69, 9.17) is 5.73 Å². The van der Waals surface area contributed by atoms with E-state index in [0.717, 1.165) is 16.2 Å². The standard InChI is InChI=1S/C16H13NO/c1-10(18)16-14-9-12-5-3-2-4-11(12)8-13(14)6-7-15(16)17/h2-9H,17H2,1H3. The first-order valence-corrected chi connectivity index (χ1v) is 5.89. The predicted octanol–water partition coefficient (Wildman–Crippen LogP) is 3.78. The molecule has 0 unspecified atom stereocenters. The number of ketones is 1. The normalized spacial score (nSPS) is 10.9. The number of nitrogen functional groups attached to an aromatic ring is 1. The maximum atomic E-state index is 11.7. The average Bonchev–Trinajstić information content (AvgIpc) is 2.36. The first kappa shape index (κ1) is 10.8. The van der Waals surface area contributed by atoms with Gasteiger partial charge in [0.05, 0.1) is 0 Å². The van der Waals surface area contributed by atoms with E-state index in [-0.39, 0.29) is 5.78 Å². The van der Waals surface area contributed by atoms with E-state index >= 15 is 0 Å². The van der Waals surface area contributed by atoms with Gasteiger partial charge in [0.1, 0.15) is 0 Å². The summed E-state index contributed by atoms with van der Waals surface area (Å²) in [6, 6.07) is 16.0. The molecule has 0 aliphatic rings. The highest BCUT2D eigenvalue weighted by Crippen LogP contribution is 2.29. The lowest BCUT2D eigenvalue weighted by Crippen LogP contribution is -2.00. The second-order valence-corrected chi connectivity index (χ2v) is 4.51. The maximum Gasteiger partial charge on any atom is 0.162 e. The van der Waals surface area contributed by atoms with Crippen molar-refractivity contribution in [1.82, 2.24) is 0 Å². The molecule has 0 heterocycles. The lowest BCUT2D eigenvalue weighted by Gasteiger charge is -2.08. The first-order valence-electron chi connectivity index (χ1n) is 5.89. The summed E-state index contributed by atoms with van der Waals surface area (Å²) in [6.07, 6.45) is 0. The number of carbonyl (C=O) groups excluding carboxylic acids is 1. The van der Waals surface area contributed by atoms with Crippen LogP contribution in [0.2, 0.25) is 0 Å². The Morgan fingerprint density at radius 3 is 2.28 bits per heavy atom. The summed E-state index contributed by atoms with van der Waals surface area (Å²) in [5, 5.41) is 4.27. The SMILES string of the molecule is CC(=O)c1c(N)ccc2cc3ccccc3cc12. The monoisotopic (exact) mass is 235 g/mol.